The number of pyridine rings is 1. The molecule has 0 spiro atoms. The molecule has 0 bridgehead atoms. The van der Waals surface area contributed by atoms with Crippen molar-refractivity contribution in [2.24, 2.45) is 5.73 Å². The Morgan fingerprint density at radius 3 is 2.43 bits per heavy atom. The number of benzene rings is 1. The van der Waals surface area contributed by atoms with Crippen LogP contribution in [-0.2, 0) is 0 Å². The van der Waals surface area contributed by atoms with E-state index in [1.807, 2.05) is 6.07 Å². The Hall–Kier alpha value is -4.59. The molecule has 4 N–H and O–H groups in total. The van der Waals surface area contributed by atoms with E-state index in [1.54, 1.807) is 24.3 Å². The molecular weight excluding hydrogens is 388 g/mol. The summed E-state index contributed by atoms with van der Waals surface area (Å²) in [5.74, 6) is 0.121. The molecule has 30 heavy (non-hydrogen) atoms. The largest absolute Gasteiger partial charge is 0.368 e. The highest BCUT2D eigenvalue weighted by Crippen LogP contribution is 2.22. The van der Waals surface area contributed by atoms with Gasteiger partial charge in [-0.05, 0) is 18.2 Å². The monoisotopic (exact) mass is 404 g/mol. The first kappa shape index (κ1) is 20.2. The first-order chi connectivity index (χ1) is 14.5. The number of nitrogens with two attached hydrogens (primary N) is 1. The Labute approximate surface area is 170 Å². The number of amides is 1. The van der Waals surface area contributed by atoms with Gasteiger partial charge < -0.3 is 16.4 Å². The number of primary amides is 1. The maximum Gasteiger partial charge on any atom is 0.287 e. The number of anilines is 2. The average molecular weight is 404 g/mol. The third kappa shape index (κ3) is 4.82. The van der Waals surface area contributed by atoms with Crippen LogP contribution >= 0.6 is 0 Å². The lowest BCUT2D eigenvalue weighted by Gasteiger charge is -2.10. The molecule has 0 aliphatic carbocycles. The molecule has 0 saturated carbocycles. The minimum Gasteiger partial charge on any atom is -0.368 e. The minimum atomic E-state index is -0.660. The normalized spacial score (nSPS) is 10.1. The van der Waals surface area contributed by atoms with Crippen LogP contribution in [0.4, 0.5) is 17.5 Å². The quantitative estimate of drug-likeness (QED) is 0.288. The fourth-order valence-electron chi connectivity index (χ4n) is 2.53. The lowest BCUT2D eigenvalue weighted by molar-refractivity contribution is -0.385. The molecule has 0 fully saturated rings. The second kappa shape index (κ2) is 9.07. The first-order valence-electron chi connectivity index (χ1n) is 8.73. The highest BCUT2D eigenvalue weighted by atomic mass is 16.6. The highest BCUT2D eigenvalue weighted by molar-refractivity contribution is 5.98. The first-order valence-corrected chi connectivity index (χ1v) is 8.73. The Morgan fingerprint density at radius 1 is 1.10 bits per heavy atom. The van der Waals surface area contributed by atoms with Gasteiger partial charge in [-0.1, -0.05) is 12.1 Å². The van der Waals surface area contributed by atoms with Gasteiger partial charge in [0.15, 0.2) is 0 Å². The number of carbonyl (C=O) groups excluding carboxylic acids is 1. The van der Waals surface area contributed by atoms with Gasteiger partial charge in [-0.25, -0.2) is 15.0 Å². The van der Waals surface area contributed by atoms with Crippen LogP contribution in [0.25, 0.3) is 11.3 Å². The number of carbonyl (C=O) groups is 1. The van der Waals surface area contributed by atoms with E-state index in [1.165, 1.54) is 24.5 Å². The molecule has 0 unspecified atom stereocenters. The molecule has 1 aromatic carbocycles. The van der Waals surface area contributed by atoms with E-state index in [-0.39, 0.29) is 17.2 Å². The number of nitro groups is 1. The van der Waals surface area contributed by atoms with Crippen LogP contribution in [-0.4, -0.2) is 38.9 Å². The van der Waals surface area contributed by atoms with Crippen molar-refractivity contribution in [3.05, 3.63) is 70.0 Å². The molecule has 1 amide bonds. The summed E-state index contributed by atoms with van der Waals surface area (Å²) in [7, 11) is 0. The van der Waals surface area contributed by atoms with Crippen LogP contribution in [0.15, 0.2) is 48.8 Å². The van der Waals surface area contributed by atoms with Crippen LogP contribution in [0.3, 0.4) is 0 Å². The molecule has 0 saturated heterocycles. The highest BCUT2D eigenvalue weighted by Gasteiger charge is 2.14. The Morgan fingerprint density at radius 2 is 1.83 bits per heavy atom. The third-order valence-corrected chi connectivity index (χ3v) is 4.01. The average Bonchev–Trinajstić information content (AvgIpc) is 2.77. The van der Waals surface area contributed by atoms with E-state index < -0.39 is 10.8 Å². The van der Waals surface area contributed by atoms with E-state index in [2.05, 4.69) is 25.6 Å². The van der Waals surface area contributed by atoms with Crippen LogP contribution < -0.4 is 16.4 Å². The molecule has 11 heteroatoms. The summed E-state index contributed by atoms with van der Waals surface area (Å²) in [4.78, 5) is 34.3. The van der Waals surface area contributed by atoms with Crippen molar-refractivity contribution < 1.29 is 9.72 Å². The zero-order chi connectivity index (χ0) is 21.5. The predicted molar refractivity (Wildman–Crippen MR) is 109 cm³/mol. The maximum absolute atomic E-state index is 11.7. The second-order valence-electron chi connectivity index (χ2n) is 6.02. The van der Waals surface area contributed by atoms with Gasteiger partial charge in [0.2, 0.25) is 5.95 Å². The van der Waals surface area contributed by atoms with Crippen molar-refractivity contribution in [3.8, 4) is 17.3 Å². The van der Waals surface area contributed by atoms with Crippen molar-refractivity contribution in [1.82, 2.24) is 15.0 Å². The summed E-state index contributed by atoms with van der Waals surface area (Å²) in [6, 6.07) is 11.5. The molecule has 2 heterocycles. The number of hydrogen-bond acceptors (Lipinski definition) is 9. The lowest BCUT2D eigenvalue weighted by atomic mass is 10.1. The smallest absolute Gasteiger partial charge is 0.287 e. The van der Waals surface area contributed by atoms with Crippen molar-refractivity contribution >= 4 is 23.4 Å². The summed E-state index contributed by atoms with van der Waals surface area (Å²) < 4.78 is 0. The summed E-state index contributed by atoms with van der Waals surface area (Å²) in [6.45, 7) is 0.860. The molecule has 0 atom stereocenters. The molecule has 0 aliphatic heterocycles. The third-order valence-electron chi connectivity index (χ3n) is 4.01. The molecule has 0 radical (unpaired) electrons. The predicted octanol–water partition coefficient (Wildman–Crippen LogP) is 1.94. The van der Waals surface area contributed by atoms with Gasteiger partial charge >= 0.3 is 0 Å². The molecule has 3 rings (SSSR count). The zero-order valence-electron chi connectivity index (χ0n) is 15.6. The van der Waals surface area contributed by atoms with Crippen molar-refractivity contribution in [1.29, 1.82) is 5.26 Å². The molecule has 0 aliphatic rings. The van der Waals surface area contributed by atoms with Gasteiger partial charge in [0.05, 0.1) is 27.8 Å². The Kier molecular flexibility index (Phi) is 6.09. The van der Waals surface area contributed by atoms with Gasteiger partial charge in [-0.3, -0.25) is 14.9 Å². The minimum absolute atomic E-state index is 0.0862. The molecule has 2 aromatic heterocycles. The summed E-state index contributed by atoms with van der Waals surface area (Å²) in [6.07, 6.45) is 2.52. The summed E-state index contributed by atoms with van der Waals surface area (Å²) in [5.41, 5.74) is 6.97. The van der Waals surface area contributed by atoms with Crippen LogP contribution in [0.5, 0.6) is 0 Å². The van der Waals surface area contributed by atoms with Gasteiger partial charge in [-0.15, -0.1) is 0 Å². The number of nitrogens with zero attached hydrogens (tertiary/aromatic N) is 5. The Balaban J connectivity index is 1.66. The van der Waals surface area contributed by atoms with Gasteiger partial charge in [0, 0.05) is 30.9 Å². The molecule has 11 nitrogen and oxygen atoms in total. The number of rotatable bonds is 8. The van der Waals surface area contributed by atoms with Crippen molar-refractivity contribution in [2.45, 2.75) is 0 Å². The van der Waals surface area contributed by atoms with E-state index in [0.717, 1.165) is 0 Å². The summed E-state index contributed by atoms with van der Waals surface area (Å²) in [5, 5.41) is 25.6. The van der Waals surface area contributed by atoms with E-state index in [4.69, 9.17) is 11.0 Å². The van der Waals surface area contributed by atoms with Gasteiger partial charge in [0.1, 0.15) is 12.0 Å². The Bertz CT molecular complexity index is 1110. The number of nitriles is 1. The van der Waals surface area contributed by atoms with Gasteiger partial charge in [-0.2, -0.15) is 5.26 Å². The SMILES string of the molecule is N#Cc1ccc(-c2nc(NCCNc3ccc([N+](=O)[O-])cn3)ncc2C(N)=O)cc1. The summed E-state index contributed by atoms with van der Waals surface area (Å²) >= 11 is 0. The van der Waals surface area contributed by atoms with Crippen molar-refractivity contribution in [3.63, 3.8) is 0 Å². The molecule has 3 aromatic rings. The molecule has 150 valence electrons. The van der Waals surface area contributed by atoms with Crippen LogP contribution in [0.1, 0.15) is 15.9 Å². The van der Waals surface area contributed by atoms with Crippen LogP contribution in [0.2, 0.25) is 0 Å². The van der Waals surface area contributed by atoms with Gasteiger partial charge in [0.25, 0.3) is 11.6 Å². The lowest BCUT2D eigenvalue weighted by Crippen LogP contribution is -2.18. The van der Waals surface area contributed by atoms with E-state index in [9.17, 15) is 14.9 Å². The van der Waals surface area contributed by atoms with Crippen molar-refractivity contribution in [2.75, 3.05) is 23.7 Å². The number of hydrogen-bond donors (Lipinski definition) is 3. The topological polar surface area (TPSA) is 173 Å². The standard InChI is InChI=1S/C19H16N8O3/c20-9-12-1-3-13(4-2-12)17-15(18(21)28)11-25-19(26-17)23-8-7-22-16-6-5-14(10-24-16)27(29)30/h1-6,10-11H,7-8H2,(H2,21,28)(H,22,24)(H,23,25,26). The van der Waals surface area contributed by atoms with Crippen LogP contribution in [0, 0.1) is 21.4 Å². The zero-order valence-corrected chi connectivity index (χ0v) is 15.6. The molecular formula is C19H16N8O3. The fraction of sp³-hybridized carbons (Fsp3) is 0.105. The van der Waals surface area contributed by atoms with E-state index >= 15 is 0 Å². The van der Waals surface area contributed by atoms with E-state index in [0.29, 0.717) is 35.7 Å². The number of aromatic nitrogens is 3. The number of nitrogens with one attached hydrogen (secondary N) is 2. The maximum atomic E-state index is 11.7. The second-order valence-corrected chi connectivity index (χ2v) is 6.02. The fourth-order valence-corrected chi connectivity index (χ4v) is 2.53.